The van der Waals surface area contributed by atoms with Gasteiger partial charge < -0.3 is 14.8 Å². The number of ether oxygens (including phenoxy) is 2. The maximum Gasteiger partial charge on any atom is 0.119 e. The monoisotopic (exact) mass is 277 g/mol. The molecule has 1 aliphatic heterocycles. The minimum Gasteiger partial charge on any atom is -0.494 e. The number of hydrogen-bond donors (Lipinski definition) is 1. The van der Waals surface area contributed by atoms with E-state index in [2.05, 4.69) is 36.5 Å². The van der Waals surface area contributed by atoms with Crippen LogP contribution in [0.25, 0.3) is 0 Å². The first-order valence-electron chi connectivity index (χ1n) is 7.92. The van der Waals surface area contributed by atoms with Gasteiger partial charge in [-0.25, -0.2) is 0 Å². The molecular formula is C17H27NO2. The molecule has 0 aromatic heterocycles. The van der Waals surface area contributed by atoms with Crippen LogP contribution in [0.5, 0.6) is 5.75 Å². The lowest BCUT2D eigenvalue weighted by atomic mass is 10.2. The average molecular weight is 277 g/mol. The molecule has 3 heteroatoms. The Hall–Kier alpha value is -1.06. The van der Waals surface area contributed by atoms with Crippen molar-refractivity contribution in [2.75, 3.05) is 19.8 Å². The summed E-state index contributed by atoms with van der Waals surface area (Å²) in [7, 11) is 0. The fourth-order valence-corrected chi connectivity index (χ4v) is 2.43. The molecular weight excluding hydrogens is 250 g/mol. The van der Waals surface area contributed by atoms with E-state index in [9.17, 15) is 0 Å². The number of hydrogen-bond acceptors (Lipinski definition) is 3. The second kappa shape index (κ2) is 8.98. The van der Waals surface area contributed by atoms with Crippen LogP contribution in [0.15, 0.2) is 24.3 Å². The lowest BCUT2D eigenvalue weighted by Crippen LogP contribution is -2.25. The molecule has 0 amide bonds. The Kier molecular flexibility index (Phi) is 6.89. The van der Waals surface area contributed by atoms with Gasteiger partial charge in [-0.05, 0) is 37.0 Å². The number of rotatable bonds is 9. The predicted molar refractivity (Wildman–Crippen MR) is 82.1 cm³/mol. The van der Waals surface area contributed by atoms with Crippen molar-refractivity contribution in [2.45, 2.75) is 51.7 Å². The van der Waals surface area contributed by atoms with E-state index in [-0.39, 0.29) is 0 Å². The van der Waals surface area contributed by atoms with Gasteiger partial charge in [0.15, 0.2) is 0 Å². The Balaban J connectivity index is 1.63. The zero-order valence-electron chi connectivity index (χ0n) is 12.6. The van der Waals surface area contributed by atoms with Crippen molar-refractivity contribution in [2.24, 2.45) is 0 Å². The van der Waals surface area contributed by atoms with Crippen molar-refractivity contribution in [1.29, 1.82) is 0 Å². The van der Waals surface area contributed by atoms with Gasteiger partial charge in [0.05, 0.1) is 12.7 Å². The van der Waals surface area contributed by atoms with Gasteiger partial charge in [-0.3, -0.25) is 0 Å². The van der Waals surface area contributed by atoms with Crippen LogP contribution < -0.4 is 10.1 Å². The van der Waals surface area contributed by atoms with Crippen molar-refractivity contribution >= 4 is 0 Å². The van der Waals surface area contributed by atoms with Crippen molar-refractivity contribution in [3.63, 3.8) is 0 Å². The second-order valence-electron chi connectivity index (χ2n) is 5.47. The molecule has 112 valence electrons. The third-order valence-electron chi connectivity index (χ3n) is 3.67. The van der Waals surface area contributed by atoms with E-state index in [0.29, 0.717) is 6.10 Å². The summed E-state index contributed by atoms with van der Waals surface area (Å²) in [6, 6.07) is 8.40. The Bertz CT molecular complexity index is 358. The van der Waals surface area contributed by atoms with Gasteiger partial charge in [-0.1, -0.05) is 31.9 Å². The van der Waals surface area contributed by atoms with Crippen LogP contribution in [-0.2, 0) is 11.3 Å². The lowest BCUT2D eigenvalue weighted by Gasteiger charge is -2.11. The SMILES string of the molecule is CCCCCOc1ccc(CNC[C@@H]2CCCO2)cc1. The van der Waals surface area contributed by atoms with Crippen LogP contribution in [0.4, 0.5) is 0 Å². The van der Waals surface area contributed by atoms with E-state index < -0.39 is 0 Å². The van der Waals surface area contributed by atoms with Crippen LogP contribution >= 0.6 is 0 Å². The summed E-state index contributed by atoms with van der Waals surface area (Å²) in [4.78, 5) is 0. The second-order valence-corrected chi connectivity index (χ2v) is 5.47. The topological polar surface area (TPSA) is 30.5 Å². The Labute approximate surface area is 122 Å². The fraction of sp³-hybridized carbons (Fsp3) is 0.647. The fourth-order valence-electron chi connectivity index (χ4n) is 2.43. The zero-order valence-corrected chi connectivity index (χ0v) is 12.6. The smallest absolute Gasteiger partial charge is 0.119 e. The molecule has 1 fully saturated rings. The van der Waals surface area contributed by atoms with Crippen molar-refractivity contribution in [3.8, 4) is 5.75 Å². The molecule has 1 N–H and O–H groups in total. The molecule has 1 aliphatic rings. The quantitative estimate of drug-likeness (QED) is 0.701. The highest BCUT2D eigenvalue weighted by atomic mass is 16.5. The molecule has 3 nitrogen and oxygen atoms in total. The number of benzene rings is 1. The molecule has 0 saturated carbocycles. The summed E-state index contributed by atoms with van der Waals surface area (Å²) < 4.78 is 11.3. The highest BCUT2D eigenvalue weighted by molar-refractivity contribution is 5.27. The summed E-state index contributed by atoms with van der Waals surface area (Å²) in [6.45, 7) is 5.81. The zero-order chi connectivity index (χ0) is 14.0. The van der Waals surface area contributed by atoms with Crippen molar-refractivity contribution < 1.29 is 9.47 Å². The summed E-state index contributed by atoms with van der Waals surface area (Å²) in [6.07, 6.45) is 6.43. The van der Waals surface area contributed by atoms with Crippen LogP contribution in [0.3, 0.4) is 0 Å². The molecule has 2 rings (SSSR count). The molecule has 1 aromatic rings. The molecule has 20 heavy (non-hydrogen) atoms. The van der Waals surface area contributed by atoms with E-state index in [1.165, 1.54) is 31.2 Å². The third-order valence-corrected chi connectivity index (χ3v) is 3.67. The minimum atomic E-state index is 0.413. The Morgan fingerprint density at radius 2 is 2.10 bits per heavy atom. The average Bonchev–Trinajstić information content (AvgIpc) is 2.98. The molecule has 1 saturated heterocycles. The molecule has 1 atom stereocenters. The van der Waals surface area contributed by atoms with Crippen LogP contribution in [0.1, 0.15) is 44.6 Å². The molecule has 1 heterocycles. The van der Waals surface area contributed by atoms with Gasteiger partial charge in [0.25, 0.3) is 0 Å². The van der Waals surface area contributed by atoms with E-state index in [1.54, 1.807) is 0 Å². The molecule has 1 aromatic carbocycles. The molecule has 0 spiro atoms. The Morgan fingerprint density at radius 1 is 1.25 bits per heavy atom. The predicted octanol–water partition coefficient (Wildman–Crippen LogP) is 3.52. The molecule has 0 radical (unpaired) electrons. The van der Waals surface area contributed by atoms with E-state index in [0.717, 1.165) is 38.5 Å². The first kappa shape index (κ1) is 15.3. The number of unbranched alkanes of at least 4 members (excludes halogenated alkanes) is 2. The van der Waals surface area contributed by atoms with Crippen LogP contribution in [-0.4, -0.2) is 25.9 Å². The van der Waals surface area contributed by atoms with E-state index in [1.807, 2.05) is 0 Å². The maximum absolute atomic E-state index is 5.71. The summed E-state index contributed by atoms with van der Waals surface area (Å²) in [5.41, 5.74) is 1.30. The van der Waals surface area contributed by atoms with Crippen LogP contribution in [0.2, 0.25) is 0 Å². The van der Waals surface area contributed by atoms with Crippen molar-refractivity contribution in [1.82, 2.24) is 5.32 Å². The van der Waals surface area contributed by atoms with Gasteiger partial charge in [-0.15, -0.1) is 0 Å². The maximum atomic E-state index is 5.71. The highest BCUT2D eigenvalue weighted by Gasteiger charge is 2.14. The lowest BCUT2D eigenvalue weighted by molar-refractivity contribution is 0.110. The van der Waals surface area contributed by atoms with Crippen LogP contribution in [0, 0.1) is 0 Å². The van der Waals surface area contributed by atoms with Gasteiger partial charge in [0, 0.05) is 19.7 Å². The standard InChI is InChI=1S/C17H27NO2/c1-2-3-4-11-19-16-9-7-15(8-10-16)13-18-14-17-6-5-12-20-17/h7-10,17-18H,2-6,11-14H2,1H3/t17-/m0/s1. The van der Waals surface area contributed by atoms with E-state index >= 15 is 0 Å². The molecule has 0 aliphatic carbocycles. The van der Waals surface area contributed by atoms with Gasteiger partial charge >= 0.3 is 0 Å². The molecule has 0 bridgehead atoms. The first-order chi connectivity index (χ1) is 9.88. The minimum absolute atomic E-state index is 0.413. The number of nitrogens with one attached hydrogen (secondary N) is 1. The normalized spacial score (nSPS) is 18.4. The largest absolute Gasteiger partial charge is 0.494 e. The van der Waals surface area contributed by atoms with Crippen molar-refractivity contribution in [3.05, 3.63) is 29.8 Å². The highest BCUT2D eigenvalue weighted by Crippen LogP contribution is 2.14. The first-order valence-corrected chi connectivity index (χ1v) is 7.92. The summed E-state index contributed by atoms with van der Waals surface area (Å²) >= 11 is 0. The molecule has 0 unspecified atom stereocenters. The van der Waals surface area contributed by atoms with Gasteiger partial charge in [0.1, 0.15) is 5.75 Å². The third kappa shape index (κ3) is 5.51. The van der Waals surface area contributed by atoms with Gasteiger partial charge in [-0.2, -0.15) is 0 Å². The van der Waals surface area contributed by atoms with E-state index in [4.69, 9.17) is 9.47 Å². The Morgan fingerprint density at radius 3 is 2.80 bits per heavy atom. The van der Waals surface area contributed by atoms with Gasteiger partial charge in [0.2, 0.25) is 0 Å². The summed E-state index contributed by atoms with van der Waals surface area (Å²) in [5.74, 6) is 0.976. The summed E-state index contributed by atoms with van der Waals surface area (Å²) in [5, 5.41) is 3.46.